The summed E-state index contributed by atoms with van der Waals surface area (Å²) in [6.07, 6.45) is 0.918. The molecule has 0 unspecified atom stereocenters. The average molecular weight is 270 g/mol. The van der Waals surface area contributed by atoms with Crippen molar-refractivity contribution in [2.45, 2.75) is 19.9 Å². The number of nitrogen functional groups attached to an aromatic ring is 1. The highest BCUT2D eigenvalue weighted by Crippen LogP contribution is 2.26. The first-order valence-corrected chi connectivity index (χ1v) is 6.68. The lowest BCUT2D eigenvalue weighted by Crippen LogP contribution is -2.32. The van der Waals surface area contributed by atoms with Crippen molar-refractivity contribution in [3.63, 3.8) is 0 Å². The highest BCUT2D eigenvalue weighted by molar-refractivity contribution is 5.54. The maximum atomic E-state index is 6.03. The van der Waals surface area contributed by atoms with E-state index in [0.717, 1.165) is 36.8 Å². The Morgan fingerprint density at radius 2 is 2.15 bits per heavy atom. The van der Waals surface area contributed by atoms with Crippen molar-refractivity contribution in [2.75, 3.05) is 24.3 Å². The number of benzene rings is 1. The Hall–Kier alpha value is -2.30. The van der Waals surface area contributed by atoms with Gasteiger partial charge < -0.3 is 15.4 Å². The molecule has 1 aliphatic heterocycles. The van der Waals surface area contributed by atoms with Gasteiger partial charge in [-0.05, 0) is 30.5 Å². The SMILES string of the molecule is COc1cc(C)nc(N2CCc3c(N)cccc3C2)n1. The summed E-state index contributed by atoms with van der Waals surface area (Å²) in [5, 5.41) is 0. The van der Waals surface area contributed by atoms with Crippen LogP contribution >= 0.6 is 0 Å². The molecule has 0 radical (unpaired) electrons. The van der Waals surface area contributed by atoms with Crippen molar-refractivity contribution in [3.05, 3.63) is 41.1 Å². The zero-order chi connectivity index (χ0) is 14.1. The molecule has 2 N–H and O–H groups in total. The largest absolute Gasteiger partial charge is 0.481 e. The number of aromatic nitrogens is 2. The van der Waals surface area contributed by atoms with Crippen molar-refractivity contribution >= 4 is 11.6 Å². The molecule has 0 spiro atoms. The molecule has 0 saturated carbocycles. The molecule has 0 saturated heterocycles. The second-order valence-corrected chi connectivity index (χ2v) is 5.01. The third kappa shape index (κ3) is 2.27. The van der Waals surface area contributed by atoms with Gasteiger partial charge in [0.25, 0.3) is 0 Å². The van der Waals surface area contributed by atoms with E-state index in [4.69, 9.17) is 10.5 Å². The van der Waals surface area contributed by atoms with Crippen molar-refractivity contribution in [1.29, 1.82) is 0 Å². The summed E-state index contributed by atoms with van der Waals surface area (Å²) in [5.74, 6) is 1.32. The first-order valence-electron chi connectivity index (χ1n) is 6.68. The molecule has 1 aromatic carbocycles. The van der Waals surface area contributed by atoms with Crippen LogP contribution in [0.4, 0.5) is 11.6 Å². The number of rotatable bonds is 2. The molecule has 1 aromatic heterocycles. The lowest BCUT2D eigenvalue weighted by atomic mass is 9.98. The molecule has 0 aliphatic carbocycles. The first kappa shape index (κ1) is 12.7. The number of methoxy groups -OCH3 is 1. The Kier molecular flexibility index (Phi) is 3.18. The van der Waals surface area contributed by atoms with Gasteiger partial charge in [0.05, 0.1) is 7.11 Å². The predicted octanol–water partition coefficient (Wildman–Crippen LogP) is 1.94. The van der Waals surface area contributed by atoms with E-state index >= 15 is 0 Å². The van der Waals surface area contributed by atoms with Crippen LogP contribution in [-0.2, 0) is 13.0 Å². The van der Waals surface area contributed by atoms with Crippen molar-refractivity contribution in [3.8, 4) is 5.88 Å². The van der Waals surface area contributed by atoms with Gasteiger partial charge in [-0.2, -0.15) is 4.98 Å². The minimum Gasteiger partial charge on any atom is -0.481 e. The fraction of sp³-hybridized carbons (Fsp3) is 0.333. The van der Waals surface area contributed by atoms with Gasteiger partial charge in [-0.15, -0.1) is 0 Å². The van der Waals surface area contributed by atoms with Crippen LogP contribution in [-0.4, -0.2) is 23.6 Å². The Bertz CT molecular complexity index is 642. The second-order valence-electron chi connectivity index (χ2n) is 5.01. The minimum atomic E-state index is 0.603. The van der Waals surface area contributed by atoms with Crippen LogP contribution in [0.15, 0.2) is 24.3 Å². The standard InChI is InChI=1S/C15H18N4O/c1-10-8-14(20-2)18-15(17-10)19-7-6-12-11(9-19)4-3-5-13(12)16/h3-5,8H,6-7,9,16H2,1-2H3. The molecule has 3 rings (SSSR count). The van der Waals surface area contributed by atoms with Crippen molar-refractivity contribution in [2.24, 2.45) is 0 Å². The van der Waals surface area contributed by atoms with Crippen molar-refractivity contribution < 1.29 is 4.74 Å². The topological polar surface area (TPSA) is 64.3 Å². The van der Waals surface area contributed by atoms with Crippen LogP contribution < -0.4 is 15.4 Å². The molecule has 2 heterocycles. The van der Waals surface area contributed by atoms with Gasteiger partial charge in [0.15, 0.2) is 0 Å². The Balaban J connectivity index is 1.92. The molecule has 0 amide bonds. The maximum Gasteiger partial charge on any atom is 0.229 e. The predicted molar refractivity (Wildman–Crippen MR) is 78.9 cm³/mol. The number of anilines is 2. The number of nitrogens with two attached hydrogens (primary N) is 1. The van der Waals surface area contributed by atoms with E-state index in [2.05, 4.69) is 20.9 Å². The maximum absolute atomic E-state index is 6.03. The normalized spacial score (nSPS) is 14.0. The van der Waals surface area contributed by atoms with Gasteiger partial charge in [0.1, 0.15) is 0 Å². The summed E-state index contributed by atoms with van der Waals surface area (Å²) in [6, 6.07) is 7.90. The van der Waals surface area contributed by atoms with Crippen LogP contribution in [0.1, 0.15) is 16.8 Å². The van der Waals surface area contributed by atoms with Gasteiger partial charge in [-0.1, -0.05) is 12.1 Å². The molecule has 20 heavy (non-hydrogen) atoms. The Morgan fingerprint density at radius 3 is 2.95 bits per heavy atom. The van der Waals surface area contributed by atoms with Crippen LogP contribution in [0.25, 0.3) is 0 Å². The quantitative estimate of drug-likeness (QED) is 0.845. The van der Waals surface area contributed by atoms with E-state index in [-0.39, 0.29) is 0 Å². The summed E-state index contributed by atoms with van der Waals surface area (Å²) in [4.78, 5) is 11.1. The molecule has 5 nitrogen and oxygen atoms in total. The Morgan fingerprint density at radius 1 is 1.30 bits per heavy atom. The fourth-order valence-electron chi connectivity index (χ4n) is 2.58. The van der Waals surface area contributed by atoms with Crippen LogP contribution in [0.5, 0.6) is 5.88 Å². The van der Waals surface area contributed by atoms with E-state index in [0.29, 0.717) is 5.88 Å². The molecule has 104 valence electrons. The number of fused-ring (bicyclic) bond motifs is 1. The highest BCUT2D eigenvalue weighted by Gasteiger charge is 2.20. The van der Waals surface area contributed by atoms with Crippen molar-refractivity contribution in [1.82, 2.24) is 9.97 Å². The zero-order valence-electron chi connectivity index (χ0n) is 11.8. The van der Waals surface area contributed by atoms with Gasteiger partial charge in [0, 0.05) is 30.5 Å². The first-order chi connectivity index (χ1) is 9.67. The molecule has 0 atom stereocenters. The summed E-state index contributed by atoms with van der Waals surface area (Å²) < 4.78 is 5.22. The summed E-state index contributed by atoms with van der Waals surface area (Å²) in [6.45, 7) is 3.60. The molecule has 1 aliphatic rings. The van der Waals surface area contributed by atoms with E-state index in [1.807, 2.05) is 25.1 Å². The number of ether oxygens (including phenoxy) is 1. The number of aryl methyl sites for hydroxylation is 1. The molecule has 5 heteroatoms. The third-order valence-electron chi connectivity index (χ3n) is 3.61. The van der Waals surface area contributed by atoms with E-state index < -0.39 is 0 Å². The molecular weight excluding hydrogens is 252 g/mol. The molecule has 0 fully saturated rings. The van der Waals surface area contributed by atoms with Crippen LogP contribution in [0.3, 0.4) is 0 Å². The van der Waals surface area contributed by atoms with E-state index in [1.54, 1.807) is 7.11 Å². The highest BCUT2D eigenvalue weighted by atomic mass is 16.5. The average Bonchev–Trinajstić information content (AvgIpc) is 2.46. The summed E-state index contributed by atoms with van der Waals surface area (Å²) in [7, 11) is 1.62. The van der Waals surface area contributed by atoms with Crippen LogP contribution in [0, 0.1) is 6.92 Å². The number of hydrogen-bond donors (Lipinski definition) is 1. The summed E-state index contributed by atoms with van der Waals surface area (Å²) >= 11 is 0. The second kappa shape index (κ2) is 5.00. The lowest BCUT2D eigenvalue weighted by Gasteiger charge is -2.29. The van der Waals surface area contributed by atoms with Gasteiger partial charge in [0.2, 0.25) is 11.8 Å². The third-order valence-corrected chi connectivity index (χ3v) is 3.61. The molecule has 2 aromatic rings. The van der Waals surface area contributed by atoms with E-state index in [1.165, 1.54) is 11.1 Å². The molecular formula is C15H18N4O. The van der Waals surface area contributed by atoms with Gasteiger partial charge >= 0.3 is 0 Å². The lowest BCUT2D eigenvalue weighted by molar-refractivity contribution is 0.396. The fourth-order valence-corrected chi connectivity index (χ4v) is 2.58. The van der Waals surface area contributed by atoms with Crippen LogP contribution in [0.2, 0.25) is 0 Å². The van der Waals surface area contributed by atoms with Gasteiger partial charge in [-0.3, -0.25) is 0 Å². The summed E-state index contributed by atoms with van der Waals surface area (Å²) in [5.41, 5.74) is 10.3. The smallest absolute Gasteiger partial charge is 0.229 e. The number of nitrogens with zero attached hydrogens (tertiary/aromatic N) is 3. The monoisotopic (exact) mass is 270 g/mol. The zero-order valence-corrected chi connectivity index (χ0v) is 11.8. The van der Waals surface area contributed by atoms with Gasteiger partial charge in [-0.25, -0.2) is 4.98 Å². The Labute approximate surface area is 118 Å². The number of hydrogen-bond acceptors (Lipinski definition) is 5. The minimum absolute atomic E-state index is 0.603. The molecule has 0 bridgehead atoms. The van der Waals surface area contributed by atoms with E-state index in [9.17, 15) is 0 Å².